The van der Waals surface area contributed by atoms with Crippen LogP contribution in [-0.4, -0.2) is 0 Å². The van der Waals surface area contributed by atoms with Crippen LogP contribution in [0, 0.1) is 3.57 Å². The highest BCUT2D eigenvalue weighted by Gasteiger charge is 2.04. The topological polar surface area (TPSA) is 26.0 Å². The predicted octanol–water partition coefficient (Wildman–Crippen LogP) is 3.65. The fourth-order valence-corrected chi connectivity index (χ4v) is 1.64. The number of rotatable bonds is 4. The summed E-state index contributed by atoms with van der Waals surface area (Å²) in [7, 11) is 0. The van der Waals surface area contributed by atoms with E-state index < -0.39 is 0 Å². The molecule has 0 aliphatic rings. The van der Waals surface area contributed by atoms with Gasteiger partial charge in [-0.1, -0.05) is 17.7 Å². The fraction of sp³-hybridized carbons (Fsp3) is 0.333. The molecule has 1 nitrogen and oxygen atoms in total. The summed E-state index contributed by atoms with van der Waals surface area (Å²) in [4.78, 5) is 0. The molecule has 2 heteroatoms. The van der Waals surface area contributed by atoms with Crippen molar-refractivity contribution < 1.29 is 0 Å². The molecule has 0 amide bonds. The lowest BCUT2D eigenvalue weighted by Gasteiger charge is -2.11. The minimum absolute atomic E-state index is 0.142. The average molecular weight is 301 g/mol. The van der Waals surface area contributed by atoms with Crippen LogP contribution in [-0.2, 0) is 0 Å². The third-order valence-electron chi connectivity index (χ3n) is 2.18. The van der Waals surface area contributed by atoms with Gasteiger partial charge in [-0.2, -0.15) is 0 Å². The molecule has 0 heterocycles. The van der Waals surface area contributed by atoms with E-state index in [9.17, 15) is 0 Å². The van der Waals surface area contributed by atoms with Crippen molar-refractivity contribution in [1.29, 1.82) is 0 Å². The fourth-order valence-electron chi connectivity index (χ4n) is 1.28. The summed E-state index contributed by atoms with van der Waals surface area (Å²) < 4.78 is 1.25. The molecule has 0 aromatic heterocycles. The number of benzene rings is 1. The first kappa shape index (κ1) is 11.7. The summed E-state index contributed by atoms with van der Waals surface area (Å²) in [6.07, 6.45) is 1.99. The van der Waals surface area contributed by atoms with Gasteiger partial charge in [0.05, 0.1) is 0 Å². The van der Waals surface area contributed by atoms with E-state index in [0.29, 0.717) is 0 Å². The van der Waals surface area contributed by atoms with E-state index in [4.69, 9.17) is 5.73 Å². The largest absolute Gasteiger partial charge is 0.324 e. The Morgan fingerprint density at radius 2 is 2.00 bits per heavy atom. The molecule has 76 valence electrons. The molecule has 1 rings (SSSR count). The van der Waals surface area contributed by atoms with Crippen molar-refractivity contribution in [3.05, 3.63) is 45.6 Å². The Morgan fingerprint density at radius 1 is 1.43 bits per heavy atom. The van der Waals surface area contributed by atoms with Crippen LogP contribution < -0.4 is 5.73 Å². The Bertz CT molecular complexity index is 303. The first-order valence-electron chi connectivity index (χ1n) is 4.75. The van der Waals surface area contributed by atoms with Gasteiger partial charge in [0.25, 0.3) is 0 Å². The first-order valence-corrected chi connectivity index (χ1v) is 5.83. The lowest BCUT2D eigenvalue weighted by molar-refractivity contribution is 0.649. The maximum Gasteiger partial charge on any atom is 0.0297 e. The summed E-state index contributed by atoms with van der Waals surface area (Å²) >= 11 is 2.30. The van der Waals surface area contributed by atoms with Crippen molar-refractivity contribution >= 4 is 22.6 Å². The van der Waals surface area contributed by atoms with E-state index in [1.165, 1.54) is 14.7 Å². The van der Waals surface area contributed by atoms with Crippen molar-refractivity contribution in [3.63, 3.8) is 0 Å². The Labute approximate surface area is 99.5 Å². The zero-order valence-corrected chi connectivity index (χ0v) is 10.6. The highest BCUT2D eigenvalue weighted by molar-refractivity contribution is 14.1. The van der Waals surface area contributed by atoms with Gasteiger partial charge >= 0.3 is 0 Å². The highest BCUT2D eigenvalue weighted by Crippen LogP contribution is 2.18. The molecule has 0 spiro atoms. The number of halogens is 1. The Balaban J connectivity index is 2.56. The second-order valence-electron chi connectivity index (χ2n) is 3.65. The van der Waals surface area contributed by atoms with Crippen molar-refractivity contribution in [1.82, 2.24) is 0 Å². The van der Waals surface area contributed by atoms with E-state index in [0.717, 1.165) is 12.8 Å². The summed E-state index contributed by atoms with van der Waals surface area (Å²) in [5.74, 6) is 0. The highest BCUT2D eigenvalue weighted by atomic mass is 127. The smallest absolute Gasteiger partial charge is 0.0297 e. The van der Waals surface area contributed by atoms with Crippen LogP contribution in [0.5, 0.6) is 0 Å². The van der Waals surface area contributed by atoms with Crippen molar-refractivity contribution in [2.24, 2.45) is 5.73 Å². The Kier molecular flexibility index (Phi) is 4.62. The molecule has 2 N–H and O–H groups in total. The molecule has 0 saturated carbocycles. The van der Waals surface area contributed by atoms with Gasteiger partial charge in [0.2, 0.25) is 0 Å². The minimum Gasteiger partial charge on any atom is -0.324 e. The lowest BCUT2D eigenvalue weighted by atomic mass is 10.0. The van der Waals surface area contributed by atoms with Crippen LogP contribution in [0.15, 0.2) is 36.4 Å². The van der Waals surface area contributed by atoms with Gasteiger partial charge in [-0.05, 0) is 60.1 Å². The molecule has 0 aliphatic carbocycles. The van der Waals surface area contributed by atoms with Crippen LogP contribution in [0.4, 0.5) is 0 Å². The molecule has 1 atom stereocenters. The third kappa shape index (κ3) is 3.80. The summed E-state index contributed by atoms with van der Waals surface area (Å²) in [5, 5.41) is 0. The predicted molar refractivity (Wildman–Crippen MR) is 70.1 cm³/mol. The van der Waals surface area contributed by atoms with Gasteiger partial charge in [-0.3, -0.25) is 0 Å². The SMILES string of the molecule is C=C(C)CCC(N)c1ccc(I)cc1. The quantitative estimate of drug-likeness (QED) is 0.667. The zero-order valence-electron chi connectivity index (χ0n) is 8.46. The number of nitrogens with two attached hydrogens (primary N) is 1. The molecular formula is C12H16IN. The van der Waals surface area contributed by atoms with E-state index in [1.54, 1.807) is 0 Å². The summed E-state index contributed by atoms with van der Waals surface area (Å²) in [6.45, 7) is 5.92. The van der Waals surface area contributed by atoms with Gasteiger partial charge in [0, 0.05) is 9.61 Å². The van der Waals surface area contributed by atoms with Crippen molar-refractivity contribution in [3.8, 4) is 0 Å². The van der Waals surface area contributed by atoms with Crippen LogP contribution in [0.3, 0.4) is 0 Å². The molecule has 0 bridgehead atoms. The van der Waals surface area contributed by atoms with Gasteiger partial charge in [0.15, 0.2) is 0 Å². The number of hydrogen-bond acceptors (Lipinski definition) is 1. The maximum atomic E-state index is 6.05. The van der Waals surface area contributed by atoms with Crippen molar-refractivity contribution in [2.45, 2.75) is 25.8 Å². The monoisotopic (exact) mass is 301 g/mol. The van der Waals surface area contributed by atoms with Crippen molar-refractivity contribution in [2.75, 3.05) is 0 Å². The Hall–Kier alpha value is -0.350. The van der Waals surface area contributed by atoms with Gasteiger partial charge in [0.1, 0.15) is 0 Å². The zero-order chi connectivity index (χ0) is 10.6. The molecular weight excluding hydrogens is 285 g/mol. The van der Waals surface area contributed by atoms with E-state index >= 15 is 0 Å². The normalized spacial score (nSPS) is 12.5. The summed E-state index contributed by atoms with van der Waals surface area (Å²) in [6, 6.07) is 8.53. The Morgan fingerprint density at radius 3 is 2.50 bits per heavy atom. The molecule has 0 radical (unpaired) electrons. The van der Waals surface area contributed by atoms with E-state index in [2.05, 4.69) is 53.4 Å². The molecule has 0 saturated heterocycles. The standard InChI is InChI=1S/C12H16IN/c1-9(2)3-8-12(14)10-4-6-11(13)7-5-10/h4-7,12H,1,3,8,14H2,2H3. The number of hydrogen-bond donors (Lipinski definition) is 1. The second kappa shape index (κ2) is 5.51. The van der Waals surface area contributed by atoms with Gasteiger partial charge < -0.3 is 5.73 Å². The summed E-state index contributed by atoms with van der Waals surface area (Å²) in [5.41, 5.74) is 8.46. The molecule has 0 fully saturated rings. The van der Waals surface area contributed by atoms with Crippen LogP contribution in [0.25, 0.3) is 0 Å². The lowest BCUT2D eigenvalue weighted by Crippen LogP contribution is -2.09. The van der Waals surface area contributed by atoms with E-state index in [-0.39, 0.29) is 6.04 Å². The van der Waals surface area contributed by atoms with Crippen LogP contribution >= 0.6 is 22.6 Å². The molecule has 0 aliphatic heterocycles. The third-order valence-corrected chi connectivity index (χ3v) is 2.90. The minimum atomic E-state index is 0.142. The molecule has 1 aromatic rings. The second-order valence-corrected chi connectivity index (χ2v) is 4.90. The molecule has 1 unspecified atom stereocenters. The first-order chi connectivity index (χ1) is 6.59. The molecule has 1 aromatic carbocycles. The van der Waals surface area contributed by atoms with Gasteiger partial charge in [-0.15, -0.1) is 6.58 Å². The van der Waals surface area contributed by atoms with E-state index in [1.807, 2.05) is 6.92 Å². The maximum absolute atomic E-state index is 6.05. The van der Waals surface area contributed by atoms with Crippen LogP contribution in [0.2, 0.25) is 0 Å². The molecule has 14 heavy (non-hydrogen) atoms. The number of allylic oxidation sites excluding steroid dienone is 1. The average Bonchev–Trinajstić information content (AvgIpc) is 2.15. The van der Waals surface area contributed by atoms with Gasteiger partial charge in [-0.25, -0.2) is 0 Å². The van der Waals surface area contributed by atoms with Crippen LogP contribution in [0.1, 0.15) is 31.4 Å².